The van der Waals surface area contributed by atoms with Crippen LogP contribution in [-0.4, -0.2) is 42.9 Å². The number of hydrogen-bond acceptors (Lipinski definition) is 6. The molecule has 0 aromatic carbocycles. The first-order valence-corrected chi connectivity index (χ1v) is 6.50. The van der Waals surface area contributed by atoms with Gasteiger partial charge < -0.3 is 14.8 Å². The molecular formula is C13H22N2O5. The van der Waals surface area contributed by atoms with E-state index in [-0.39, 0.29) is 6.61 Å². The van der Waals surface area contributed by atoms with Crippen LogP contribution in [0.2, 0.25) is 0 Å². The lowest BCUT2D eigenvalue weighted by Gasteiger charge is -2.19. The smallest absolute Gasteiger partial charge is 0.407 e. The zero-order valence-corrected chi connectivity index (χ0v) is 12.4. The highest BCUT2D eigenvalue weighted by atomic mass is 16.6. The first-order chi connectivity index (χ1) is 9.30. The van der Waals surface area contributed by atoms with E-state index >= 15 is 0 Å². The summed E-state index contributed by atoms with van der Waals surface area (Å²) in [6.07, 6.45) is 1.59. The first-order valence-electron chi connectivity index (χ1n) is 6.50. The second-order valence-electron chi connectivity index (χ2n) is 5.06. The summed E-state index contributed by atoms with van der Waals surface area (Å²) in [7, 11) is 0. The second-order valence-corrected chi connectivity index (χ2v) is 5.06. The molecular weight excluding hydrogens is 264 g/mol. The molecule has 0 aromatic rings. The summed E-state index contributed by atoms with van der Waals surface area (Å²) in [5.41, 5.74) is -0.556. The first kappa shape index (κ1) is 18.1. The summed E-state index contributed by atoms with van der Waals surface area (Å²) < 4.78 is 9.83. The van der Waals surface area contributed by atoms with Crippen molar-refractivity contribution in [3.63, 3.8) is 0 Å². The molecule has 0 saturated heterocycles. The van der Waals surface area contributed by atoms with Gasteiger partial charge in [-0.3, -0.25) is 0 Å². The number of alkyl carbamates (subject to hydrolysis) is 1. The molecule has 7 heteroatoms. The zero-order valence-electron chi connectivity index (χ0n) is 12.4. The van der Waals surface area contributed by atoms with Crippen molar-refractivity contribution in [1.29, 1.82) is 0 Å². The van der Waals surface area contributed by atoms with Gasteiger partial charge in [-0.2, -0.15) is 4.99 Å². The summed E-state index contributed by atoms with van der Waals surface area (Å²) in [6, 6.07) is -0.868. The number of carbonyl (C=O) groups is 2. The molecule has 0 fully saturated rings. The summed E-state index contributed by atoms with van der Waals surface area (Å²) in [4.78, 5) is 36.4. The van der Waals surface area contributed by atoms with Crippen LogP contribution in [-0.2, 0) is 19.1 Å². The Morgan fingerprint density at radius 1 is 1.35 bits per heavy atom. The summed E-state index contributed by atoms with van der Waals surface area (Å²) in [5.74, 6) is -0.562. The molecule has 1 N–H and O–H groups in total. The van der Waals surface area contributed by atoms with Crippen LogP contribution in [0.3, 0.4) is 0 Å². The van der Waals surface area contributed by atoms with Crippen molar-refractivity contribution in [1.82, 2.24) is 5.32 Å². The van der Waals surface area contributed by atoms with E-state index in [1.165, 1.54) is 6.08 Å². The fourth-order valence-corrected chi connectivity index (χ4v) is 1.34. The minimum Gasteiger partial charge on any atom is -0.464 e. The van der Waals surface area contributed by atoms with Gasteiger partial charge in [0, 0.05) is 6.54 Å². The molecule has 20 heavy (non-hydrogen) atoms. The normalized spacial score (nSPS) is 12.0. The highest BCUT2D eigenvalue weighted by Crippen LogP contribution is 2.07. The number of nitrogens with one attached hydrogen (secondary N) is 1. The Morgan fingerprint density at radius 2 is 2.00 bits per heavy atom. The number of isocyanates is 1. The van der Waals surface area contributed by atoms with E-state index in [9.17, 15) is 14.4 Å². The lowest BCUT2D eigenvalue weighted by Crippen LogP contribution is -2.33. The van der Waals surface area contributed by atoms with Crippen molar-refractivity contribution in [2.24, 2.45) is 4.99 Å². The predicted octanol–water partition coefficient (Wildman–Crippen LogP) is 1.56. The molecule has 1 amide bonds. The predicted molar refractivity (Wildman–Crippen MR) is 72.0 cm³/mol. The standard InChI is InChI=1S/C13H22N2O5/c1-5-19-11(17)10(15-9-16)7-6-8-14-12(18)20-13(2,3)4/h10H,5-8H2,1-4H3,(H,14,18). The van der Waals surface area contributed by atoms with Gasteiger partial charge in [0.05, 0.1) is 6.61 Å². The topological polar surface area (TPSA) is 94.1 Å². The largest absolute Gasteiger partial charge is 0.464 e. The van der Waals surface area contributed by atoms with Crippen LogP contribution >= 0.6 is 0 Å². The number of rotatable bonds is 7. The van der Waals surface area contributed by atoms with Gasteiger partial charge in [0.15, 0.2) is 6.04 Å². The Hall–Kier alpha value is -1.88. The van der Waals surface area contributed by atoms with E-state index in [4.69, 9.17) is 9.47 Å². The third-order valence-corrected chi connectivity index (χ3v) is 2.09. The van der Waals surface area contributed by atoms with Crippen LogP contribution in [0.25, 0.3) is 0 Å². The van der Waals surface area contributed by atoms with Gasteiger partial charge in [0.2, 0.25) is 6.08 Å². The van der Waals surface area contributed by atoms with Crippen molar-refractivity contribution in [2.45, 2.75) is 52.2 Å². The third kappa shape index (κ3) is 9.10. The Bertz CT molecular complexity index is 369. The molecule has 0 aromatic heterocycles. The van der Waals surface area contributed by atoms with Gasteiger partial charge >= 0.3 is 12.1 Å². The van der Waals surface area contributed by atoms with Crippen LogP contribution in [0.1, 0.15) is 40.5 Å². The fourth-order valence-electron chi connectivity index (χ4n) is 1.34. The van der Waals surface area contributed by atoms with Crippen molar-refractivity contribution in [2.75, 3.05) is 13.2 Å². The minimum atomic E-state index is -0.868. The lowest BCUT2D eigenvalue weighted by atomic mass is 10.1. The van der Waals surface area contributed by atoms with Crippen molar-refractivity contribution < 1.29 is 23.9 Å². The second kappa shape index (κ2) is 9.09. The lowest BCUT2D eigenvalue weighted by molar-refractivity contribution is -0.144. The van der Waals surface area contributed by atoms with Crippen LogP contribution < -0.4 is 5.32 Å². The number of ether oxygens (including phenoxy) is 2. The molecule has 0 radical (unpaired) electrons. The van der Waals surface area contributed by atoms with Gasteiger partial charge in [-0.15, -0.1) is 0 Å². The van der Waals surface area contributed by atoms with Crippen molar-refractivity contribution >= 4 is 18.1 Å². The molecule has 0 saturated carbocycles. The molecule has 0 rings (SSSR count). The molecule has 0 aliphatic carbocycles. The van der Waals surface area contributed by atoms with Gasteiger partial charge in [-0.05, 0) is 40.5 Å². The van der Waals surface area contributed by atoms with E-state index in [0.717, 1.165) is 0 Å². The van der Waals surface area contributed by atoms with Crippen LogP contribution in [0, 0.1) is 0 Å². The Labute approximate surface area is 118 Å². The molecule has 0 spiro atoms. The maximum absolute atomic E-state index is 11.4. The van der Waals surface area contributed by atoms with Crippen LogP contribution in [0.4, 0.5) is 4.79 Å². The number of aliphatic imine (C=N–C) groups is 1. The van der Waals surface area contributed by atoms with Crippen molar-refractivity contribution in [3.05, 3.63) is 0 Å². The van der Waals surface area contributed by atoms with Gasteiger partial charge in [-0.25, -0.2) is 14.4 Å². The van der Waals surface area contributed by atoms with Crippen LogP contribution in [0.15, 0.2) is 4.99 Å². The molecule has 0 bridgehead atoms. The molecule has 0 aliphatic heterocycles. The van der Waals surface area contributed by atoms with E-state index in [1.807, 2.05) is 0 Å². The van der Waals surface area contributed by atoms with Gasteiger partial charge in [-0.1, -0.05) is 0 Å². The van der Waals surface area contributed by atoms with E-state index in [0.29, 0.717) is 19.4 Å². The third-order valence-electron chi connectivity index (χ3n) is 2.09. The van der Waals surface area contributed by atoms with E-state index < -0.39 is 23.7 Å². The Balaban J connectivity index is 4.04. The quantitative estimate of drug-likeness (QED) is 0.332. The summed E-state index contributed by atoms with van der Waals surface area (Å²) in [5, 5.41) is 2.55. The Morgan fingerprint density at radius 3 is 2.50 bits per heavy atom. The molecule has 0 heterocycles. The maximum atomic E-state index is 11.4. The van der Waals surface area contributed by atoms with Crippen LogP contribution in [0.5, 0.6) is 0 Å². The number of amides is 1. The Kier molecular flexibility index (Phi) is 8.24. The summed E-state index contributed by atoms with van der Waals surface area (Å²) in [6.45, 7) is 7.51. The average Bonchev–Trinajstić information content (AvgIpc) is 2.31. The highest BCUT2D eigenvalue weighted by Gasteiger charge is 2.19. The monoisotopic (exact) mass is 286 g/mol. The number of nitrogens with zero attached hydrogens (tertiary/aromatic N) is 1. The van der Waals surface area contributed by atoms with E-state index in [2.05, 4.69) is 10.3 Å². The number of esters is 1. The SMILES string of the molecule is CCOC(=O)C(CCCNC(=O)OC(C)(C)C)N=C=O. The minimum absolute atomic E-state index is 0.222. The molecule has 114 valence electrons. The molecule has 1 atom stereocenters. The van der Waals surface area contributed by atoms with E-state index in [1.54, 1.807) is 27.7 Å². The summed E-state index contributed by atoms with van der Waals surface area (Å²) >= 11 is 0. The zero-order chi connectivity index (χ0) is 15.6. The molecule has 1 unspecified atom stereocenters. The van der Waals surface area contributed by atoms with Crippen molar-refractivity contribution in [3.8, 4) is 0 Å². The van der Waals surface area contributed by atoms with Gasteiger partial charge in [0.1, 0.15) is 5.60 Å². The highest BCUT2D eigenvalue weighted by molar-refractivity contribution is 5.76. The molecule has 0 aliphatic rings. The number of carbonyl (C=O) groups excluding carboxylic acids is 3. The average molecular weight is 286 g/mol. The maximum Gasteiger partial charge on any atom is 0.407 e. The number of hydrogen-bond donors (Lipinski definition) is 1. The fraction of sp³-hybridized carbons (Fsp3) is 0.769. The molecule has 7 nitrogen and oxygen atoms in total. The van der Waals surface area contributed by atoms with Gasteiger partial charge in [0.25, 0.3) is 0 Å².